The lowest BCUT2D eigenvalue weighted by Crippen LogP contribution is -2.38. The molecule has 1 unspecified atom stereocenters. The molecule has 116 valence electrons. The lowest BCUT2D eigenvalue weighted by atomic mass is 10.0. The Bertz CT molecular complexity index is 607. The van der Waals surface area contributed by atoms with Crippen molar-refractivity contribution >= 4 is 5.96 Å². The Balaban J connectivity index is 1.83. The Morgan fingerprint density at radius 3 is 2.55 bits per heavy atom. The van der Waals surface area contributed by atoms with Gasteiger partial charge in [-0.05, 0) is 30.5 Å². The van der Waals surface area contributed by atoms with Gasteiger partial charge in [0.25, 0.3) is 0 Å². The lowest BCUT2D eigenvalue weighted by molar-refractivity contribution is 0.696. The number of hydrogen-bond donors (Lipinski definition) is 2. The molecule has 0 saturated carbocycles. The standard InChI is InChI=1S/C18H24N4/c1-14(16-9-5-4-6-10-16)12-20-18(19-3)21-13-17-11-7-8-15(2)22-17/h4-11,14H,12-13H2,1-3H3,(H2,19,20,21). The summed E-state index contributed by atoms with van der Waals surface area (Å²) < 4.78 is 0. The molecule has 22 heavy (non-hydrogen) atoms. The van der Waals surface area contributed by atoms with Crippen molar-refractivity contribution in [1.82, 2.24) is 15.6 Å². The molecule has 0 aliphatic rings. The highest BCUT2D eigenvalue weighted by Crippen LogP contribution is 2.12. The summed E-state index contributed by atoms with van der Waals surface area (Å²) in [6.45, 7) is 5.71. The first-order chi connectivity index (χ1) is 10.7. The predicted molar refractivity (Wildman–Crippen MR) is 92.0 cm³/mol. The number of nitrogens with zero attached hydrogens (tertiary/aromatic N) is 2. The lowest BCUT2D eigenvalue weighted by Gasteiger charge is -2.16. The highest BCUT2D eigenvalue weighted by Gasteiger charge is 2.06. The highest BCUT2D eigenvalue weighted by molar-refractivity contribution is 5.79. The molecule has 1 aromatic carbocycles. The number of aromatic nitrogens is 1. The molecule has 2 aromatic rings. The van der Waals surface area contributed by atoms with E-state index in [-0.39, 0.29) is 0 Å². The fraction of sp³-hybridized carbons (Fsp3) is 0.333. The first-order valence-corrected chi connectivity index (χ1v) is 7.61. The highest BCUT2D eigenvalue weighted by atomic mass is 15.2. The molecule has 0 spiro atoms. The number of nitrogens with one attached hydrogen (secondary N) is 2. The van der Waals surface area contributed by atoms with E-state index in [1.165, 1.54) is 5.56 Å². The van der Waals surface area contributed by atoms with Crippen LogP contribution < -0.4 is 10.6 Å². The monoisotopic (exact) mass is 296 g/mol. The maximum Gasteiger partial charge on any atom is 0.191 e. The van der Waals surface area contributed by atoms with E-state index in [1.54, 1.807) is 7.05 Å². The van der Waals surface area contributed by atoms with E-state index in [0.29, 0.717) is 12.5 Å². The second-order valence-corrected chi connectivity index (χ2v) is 5.39. The van der Waals surface area contributed by atoms with Crippen LogP contribution in [0, 0.1) is 6.92 Å². The van der Waals surface area contributed by atoms with Gasteiger partial charge in [0.15, 0.2) is 5.96 Å². The zero-order chi connectivity index (χ0) is 15.8. The smallest absolute Gasteiger partial charge is 0.191 e. The Morgan fingerprint density at radius 2 is 1.86 bits per heavy atom. The minimum absolute atomic E-state index is 0.428. The van der Waals surface area contributed by atoms with Gasteiger partial charge in [-0.2, -0.15) is 0 Å². The van der Waals surface area contributed by atoms with Crippen LogP contribution in [0.5, 0.6) is 0 Å². The minimum Gasteiger partial charge on any atom is -0.356 e. The van der Waals surface area contributed by atoms with E-state index in [4.69, 9.17) is 0 Å². The molecule has 0 fully saturated rings. The zero-order valence-electron chi connectivity index (χ0n) is 13.5. The first kappa shape index (κ1) is 16.0. The molecule has 0 bridgehead atoms. The van der Waals surface area contributed by atoms with Crippen LogP contribution >= 0.6 is 0 Å². The van der Waals surface area contributed by atoms with Crippen molar-refractivity contribution < 1.29 is 0 Å². The molecule has 0 aliphatic carbocycles. The Morgan fingerprint density at radius 1 is 1.09 bits per heavy atom. The molecule has 0 aliphatic heterocycles. The van der Waals surface area contributed by atoms with Gasteiger partial charge in [-0.3, -0.25) is 9.98 Å². The van der Waals surface area contributed by atoms with Gasteiger partial charge >= 0.3 is 0 Å². The third kappa shape index (κ3) is 4.88. The zero-order valence-corrected chi connectivity index (χ0v) is 13.5. The van der Waals surface area contributed by atoms with Gasteiger partial charge in [-0.25, -0.2) is 0 Å². The van der Waals surface area contributed by atoms with Crippen LogP contribution in [0.4, 0.5) is 0 Å². The molecule has 1 aromatic heterocycles. The maximum absolute atomic E-state index is 4.48. The van der Waals surface area contributed by atoms with Crippen molar-refractivity contribution in [2.45, 2.75) is 26.3 Å². The molecule has 4 nitrogen and oxygen atoms in total. The summed E-state index contributed by atoms with van der Waals surface area (Å²) in [7, 11) is 1.78. The van der Waals surface area contributed by atoms with Gasteiger partial charge < -0.3 is 10.6 Å². The second kappa shape index (κ2) is 8.17. The van der Waals surface area contributed by atoms with E-state index in [9.17, 15) is 0 Å². The average molecular weight is 296 g/mol. The predicted octanol–water partition coefficient (Wildman–Crippen LogP) is 2.86. The van der Waals surface area contributed by atoms with Gasteiger partial charge in [-0.15, -0.1) is 0 Å². The fourth-order valence-corrected chi connectivity index (χ4v) is 2.24. The molecule has 4 heteroatoms. The SMILES string of the molecule is CN=C(NCc1cccc(C)n1)NCC(C)c1ccccc1. The van der Waals surface area contributed by atoms with Crippen LogP contribution in [0.1, 0.15) is 29.8 Å². The summed E-state index contributed by atoms with van der Waals surface area (Å²) in [5, 5.41) is 6.66. The summed E-state index contributed by atoms with van der Waals surface area (Å²) in [4.78, 5) is 8.73. The number of hydrogen-bond acceptors (Lipinski definition) is 2. The van der Waals surface area contributed by atoms with Crippen molar-refractivity contribution in [2.75, 3.05) is 13.6 Å². The van der Waals surface area contributed by atoms with Gasteiger partial charge in [-0.1, -0.05) is 43.3 Å². The topological polar surface area (TPSA) is 49.3 Å². The van der Waals surface area contributed by atoms with Crippen molar-refractivity contribution in [3.63, 3.8) is 0 Å². The summed E-state index contributed by atoms with van der Waals surface area (Å²) in [5.74, 6) is 1.22. The number of aryl methyl sites for hydroxylation is 1. The van der Waals surface area contributed by atoms with Crippen LogP contribution in [-0.4, -0.2) is 24.5 Å². The van der Waals surface area contributed by atoms with E-state index in [0.717, 1.165) is 23.9 Å². The molecule has 1 atom stereocenters. The number of guanidine groups is 1. The largest absolute Gasteiger partial charge is 0.356 e. The van der Waals surface area contributed by atoms with Crippen LogP contribution in [0.2, 0.25) is 0 Å². The fourth-order valence-electron chi connectivity index (χ4n) is 2.24. The molecular formula is C18H24N4. The molecule has 1 heterocycles. The maximum atomic E-state index is 4.48. The van der Waals surface area contributed by atoms with Crippen LogP contribution in [0.15, 0.2) is 53.5 Å². The Labute approximate surface area is 132 Å². The Kier molecular flexibility index (Phi) is 5.95. The number of rotatable bonds is 5. The summed E-state index contributed by atoms with van der Waals surface area (Å²) in [5.41, 5.74) is 3.37. The average Bonchev–Trinajstić information content (AvgIpc) is 2.55. The summed E-state index contributed by atoms with van der Waals surface area (Å²) in [6, 6.07) is 16.5. The molecule has 0 saturated heterocycles. The number of benzene rings is 1. The van der Waals surface area contributed by atoms with Crippen LogP contribution in [0.3, 0.4) is 0 Å². The van der Waals surface area contributed by atoms with E-state index < -0.39 is 0 Å². The minimum atomic E-state index is 0.428. The number of aliphatic imine (C=N–C) groups is 1. The second-order valence-electron chi connectivity index (χ2n) is 5.39. The number of pyridine rings is 1. The van der Waals surface area contributed by atoms with Crippen molar-refractivity contribution in [2.24, 2.45) is 4.99 Å². The van der Waals surface area contributed by atoms with Crippen LogP contribution in [0.25, 0.3) is 0 Å². The van der Waals surface area contributed by atoms with Crippen molar-refractivity contribution in [3.05, 3.63) is 65.5 Å². The summed E-state index contributed by atoms with van der Waals surface area (Å²) in [6.07, 6.45) is 0. The molecule has 2 rings (SSSR count). The molecular weight excluding hydrogens is 272 g/mol. The van der Waals surface area contributed by atoms with Crippen molar-refractivity contribution in [1.29, 1.82) is 0 Å². The van der Waals surface area contributed by atoms with Gasteiger partial charge in [0.05, 0.1) is 12.2 Å². The third-order valence-electron chi connectivity index (χ3n) is 3.55. The Hall–Kier alpha value is -2.36. The molecule has 2 N–H and O–H groups in total. The molecule has 0 radical (unpaired) electrons. The van der Waals surface area contributed by atoms with Gasteiger partial charge in [0.1, 0.15) is 0 Å². The third-order valence-corrected chi connectivity index (χ3v) is 3.55. The summed E-state index contributed by atoms with van der Waals surface area (Å²) >= 11 is 0. The molecule has 0 amide bonds. The quantitative estimate of drug-likeness (QED) is 0.659. The van der Waals surface area contributed by atoms with Crippen molar-refractivity contribution in [3.8, 4) is 0 Å². The normalized spacial score (nSPS) is 12.8. The van der Waals surface area contributed by atoms with E-state index in [2.05, 4.69) is 51.8 Å². The first-order valence-electron chi connectivity index (χ1n) is 7.61. The van der Waals surface area contributed by atoms with Crippen LogP contribution in [-0.2, 0) is 6.54 Å². The van der Waals surface area contributed by atoms with Gasteiger partial charge in [0, 0.05) is 19.3 Å². The van der Waals surface area contributed by atoms with E-state index in [1.807, 2.05) is 31.2 Å². The van der Waals surface area contributed by atoms with E-state index >= 15 is 0 Å². The van der Waals surface area contributed by atoms with Gasteiger partial charge in [0.2, 0.25) is 0 Å².